The number of nitrogens with one attached hydrogen (secondary N) is 1. The Kier molecular flexibility index (Phi) is 5.71. The van der Waals surface area contributed by atoms with Crippen LogP contribution in [0.5, 0.6) is 0 Å². The lowest BCUT2D eigenvalue weighted by molar-refractivity contribution is -0.151. The highest BCUT2D eigenvalue weighted by Gasteiger charge is 2.61. The SMILES string of the molecule is CC(=O)OCC1=C(C(=O)O)N2C(=O)[C@@H](NC(=O)Cc3ccccc3)[C@H]2[S+]([O-])C1. The summed E-state index contributed by atoms with van der Waals surface area (Å²) in [5.74, 6) is -3.24. The number of hydrogen-bond donors (Lipinski definition) is 2. The summed E-state index contributed by atoms with van der Waals surface area (Å²) in [4.78, 5) is 48.3. The summed E-state index contributed by atoms with van der Waals surface area (Å²) in [5, 5.41) is 11.1. The van der Waals surface area contributed by atoms with Gasteiger partial charge in [0.05, 0.1) is 6.42 Å². The van der Waals surface area contributed by atoms with Gasteiger partial charge in [-0.15, -0.1) is 0 Å². The summed E-state index contributed by atoms with van der Waals surface area (Å²) in [6.45, 7) is 0.806. The van der Waals surface area contributed by atoms with E-state index in [0.717, 1.165) is 17.4 Å². The van der Waals surface area contributed by atoms with Crippen molar-refractivity contribution >= 4 is 34.9 Å². The van der Waals surface area contributed by atoms with E-state index >= 15 is 0 Å². The van der Waals surface area contributed by atoms with Crippen molar-refractivity contribution in [2.75, 3.05) is 12.4 Å². The van der Waals surface area contributed by atoms with Gasteiger partial charge in [-0.2, -0.15) is 0 Å². The van der Waals surface area contributed by atoms with Crippen molar-refractivity contribution in [3.63, 3.8) is 0 Å². The topological polar surface area (TPSA) is 136 Å². The van der Waals surface area contributed by atoms with E-state index in [4.69, 9.17) is 4.74 Å². The molecule has 0 radical (unpaired) electrons. The molecular formula is C18H18N2O7S. The van der Waals surface area contributed by atoms with Crippen LogP contribution in [0.2, 0.25) is 0 Å². The Hall–Kier alpha value is -2.85. The van der Waals surface area contributed by atoms with Crippen molar-refractivity contribution in [1.82, 2.24) is 10.2 Å². The highest BCUT2D eigenvalue weighted by Crippen LogP contribution is 2.36. The fourth-order valence-corrected chi connectivity index (χ4v) is 4.83. The second-order valence-electron chi connectivity index (χ2n) is 6.37. The van der Waals surface area contributed by atoms with Gasteiger partial charge in [-0.3, -0.25) is 19.3 Å². The second-order valence-corrected chi connectivity index (χ2v) is 7.90. The first kappa shape index (κ1) is 19.9. The zero-order valence-electron chi connectivity index (χ0n) is 14.9. The average molecular weight is 406 g/mol. The van der Waals surface area contributed by atoms with E-state index < -0.39 is 46.3 Å². The Morgan fingerprint density at radius 3 is 2.61 bits per heavy atom. The molecule has 3 atom stereocenters. The zero-order chi connectivity index (χ0) is 20.4. The molecule has 2 amide bonds. The van der Waals surface area contributed by atoms with Crippen LogP contribution in [0, 0.1) is 0 Å². The third-order valence-corrected chi connectivity index (χ3v) is 6.04. The van der Waals surface area contributed by atoms with Gasteiger partial charge in [0.1, 0.15) is 18.1 Å². The van der Waals surface area contributed by atoms with Crippen LogP contribution >= 0.6 is 0 Å². The second kappa shape index (κ2) is 8.03. The van der Waals surface area contributed by atoms with Crippen molar-refractivity contribution < 1.29 is 33.6 Å². The zero-order valence-corrected chi connectivity index (χ0v) is 15.7. The van der Waals surface area contributed by atoms with Crippen LogP contribution in [0.1, 0.15) is 12.5 Å². The summed E-state index contributed by atoms with van der Waals surface area (Å²) in [6.07, 6.45) is 0.0449. The molecule has 28 heavy (non-hydrogen) atoms. The molecule has 2 aliphatic heterocycles. The number of esters is 1. The molecule has 0 saturated carbocycles. The van der Waals surface area contributed by atoms with Gasteiger partial charge in [-0.25, -0.2) is 4.79 Å². The number of fused-ring (bicyclic) bond motifs is 1. The molecule has 0 aromatic heterocycles. The van der Waals surface area contributed by atoms with E-state index in [-0.39, 0.29) is 30.1 Å². The van der Waals surface area contributed by atoms with Gasteiger partial charge in [0, 0.05) is 12.5 Å². The summed E-state index contributed by atoms with van der Waals surface area (Å²) < 4.78 is 17.4. The molecule has 10 heteroatoms. The predicted molar refractivity (Wildman–Crippen MR) is 97.0 cm³/mol. The van der Waals surface area contributed by atoms with Crippen molar-refractivity contribution in [2.24, 2.45) is 0 Å². The quantitative estimate of drug-likeness (QED) is 0.371. The third kappa shape index (κ3) is 3.87. The smallest absolute Gasteiger partial charge is 0.353 e. The number of benzene rings is 1. The number of carboxylic acids is 1. The van der Waals surface area contributed by atoms with Gasteiger partial charge < -0.3 is 19.7 Å². The third-order valence-electron chi connectivity index (χ3n) is 4.38. The Morgan fingerprint density at radius 1 is 1.32 bits per heavy atom. The number of β-lactam (4-membered cyclic amide) rings is 1. The van der Waals surface area contributed by atoms with Crippen LogP contribution in [0.15, 0.2) is 41.6 Å². The van der Waals surface area contributed by atoms with Gasteiger partial charge in [-0.1, -0.05) is 30.3 Å². The van der Waals surface area contributed by atoms with Gasteiger partial charge in [-0.05, 0) is 16.7 Å². The predicted octanol–water partition coefficient (Wildman–Crippen LogP) is -0.454. The van der Waals surface area contributed by atoms with Crippen LogP contribution in [-0.2, 0) is 41.5 Å². The van der Waals surface area contributed by atoms with Crippen molar-refractivity contribution in [3.8, 4) is 0 Å². The number of nitrogens with zero attached hydrogens (tertiary/aromatic N) is 1. The molecule has 1 aromatic rings. The first-order valence-electron chi connectivity index (χ1n) is 8.41. The Balaban J connectivity index is 1.74. The van der Waals surface area contributed by atoms with E-state index in [1.165, 1.54) is 0 Å². The first-order valence-corrected chi connectivity index (χ1v) is 9.80. The maximum Gasteiger partial charge on any atom is 0.353 e. The normalized spacial score (nSPS) is 23.6. The van der Waals surface area contributed by atoms with E-state index in [9.17, 15) is 28.8 Å². The largest absolute Gasteiger partial charge is 0.614 e. The lowest BCUT2D eigenvalue weighted by Crippen LogP contribution is -2.75. The summed E-state index contributed by atoms with van der Waals surface area (Å²) in [5.41, 5.74) is 0.507. The molecule has 9 nitrogen and oxygen atoms in total. The van der Waals surface area contributed by atoms with Gasteiger partial charge in [0.2, 0.25) is 11.3 Å². The van der Waals surface area contributed by atoms with Crippen LogP contribution in [-0.4, -0.2) is 62.1 Å². The van der Waals surface area contributed by atoms with Crippen molar-refractivity contribution in [1.29, 1.82) is 0 Å². The highest BCUT2D eigenvalue weighted by molar-refractivity contribution is 7.92. The summed E-state index contributed by atoms with van der Waals surface area (Å²) >= 11 is -1.65. The monoisotopic (exact) mass is 406 g/mol. The lowest BCUT2D eigenvalue weighted by atomic mass is 10.0. The molecule has 2 heterocycles. The van der Waals surface area contributed by atoms with Crippen molar-refractivity contribution in [2.45, 2.75) is 24.8 Å². The summed E-state index contributed by atoms with van der Waals surface area (Å²) in [7, 11) is 0. The number of aliphatic carboxylic acids is 1. The fraction of sp³-hybridized carbons (Fsp3) is 0.333. The maximum atomic E-state index is 12.6. The molecule has 0 spiro atoms. The van der Waals surface area contributed by atoms with Gasteiger partial charge in [0.15, 0.2) is 6.04 Å². The molecule has 1 saturated heterocycles. The van der Waals surface area contributed by atoms with Crippen LogP contribution in [0.25, 0.3) is 0 Å². The number of rotatable bonds is 6. The van der Waals surface area contributed by atoms with E-state index in [1.807, 2.05) is 6.07 Å². The minimum absolute atomic E-state index is 0.0449. The fourth-order valence-electron chi connectivity index (χ4n) is 3.16. The van der Waals surface area contributed by atoms with Crippen LogP contribution < -0.4 is 5.32 Å². The molecule has 3 rings (SSSR count). The Labute approximate surface area is 163 Å². The first-order chi connectivity index (χ1) is 13.3. The number of ether oxygens (including phenoxy) is 1. The molecular weight excluding hydrogens is 388 g/mol. The van der Waals surface area contributed by atoms with E-state index in [0.29, 0.717) is 0 Å². The summed E-state index contributed by atoms with van der Waals surface area (Å²) in [6, 6.07) is 7.85. The molecule has 2 N–H and O–H groups in total. The number of amides is 2. The van der Waals surface area contributed by atoms with E-state index in [2.05, 4.69) is 5.32 Å². The standard InChI is InChI=1S/C18H18N2O7S/c1-10(21)27-8-12-9-28(26)17-14(16(23)20(17)15(12)18(24)25)19-13(22)7-11-5-3-2-4-6-11/h2-6,14,17H,7-9H2,1H3,(H,19,22)(H,24,25)/t14-,17-,28?/m1/s1. The molecule has 1 unspecified atom stereocenters. The van der Waals surface area contributed by atoms with Gasteiger partial charge in [0.25, 0.3) is 5.91 Å². The molecule has 1 aromatic carbocycles. The maximum absolute atomic E-state index is 12.6. The molecule has 0 bridgehead atoms. The number of carbonyl (C=O) groups excluding carboxylic acids is 3. The van der Waals surface area contributed by atoms with E-state index in [1.54, 1.807) is 24.3 Å². The van der Waals surface area contributed by atoms with Crippen LogP contribution in [0.4, 0.5) is 0 Å². The minimum atomic E-state index is -1.65. The molecule has 148 valence electrons. The van der Waals surface area contributed by atoms with Crippen LogP contribution in [0.3, 0.4) is 0 Å². The van der Waals surface area contributed by atoms with Crippen molar-refractivity contribution in [3.05, 3.63) is 47.2 Å². The highest BCUT2D eigenvalue weighted by atomic mass is 32.2. The number of carbonyl (C=O) groups is 4. The molecule has 0 aliphatic carbocycles. The minimum Gasteiger partial charge on any atom is -0.614 e. The number of hydrogen-bond acceptors (Lipinski definition) is 6. The number of carboxylic acid groups (broad SMARTS) is 1. The Morgan fingerprint density at radius 2 is 2.00 bits per heavy atom. The molecule has 2 aliphatic rings. The lowest BCUT2D eigenvalue weighted by Gasteiger charge is -2.48. The molecule has 1 fully saturated rings. The Bertz CT molecular complexity index is 855. The average Bonchev–Trinajstić information content (AvgIpc) is 2.64. The van der Waals surface area contributed by atoms with Gasteiger partial charge >= 0.3 is 11.9 Å².